The minimum atomic E-state index is 0.138. The highest BCUT2D eigenvalue weighted by Crippen LogP contribution is 2.16. The molecular weight excluding hydrogens is 236 g/mol. The molecule has 1 amide bonds. The molecule has 3 nitrogen and oxygen atoms in total. The van der Waals surface area contributed by atoms with Gasteiger partial charge in [0.15, 0.2) is 0 Å². The number of rotatable bonds is 3. The van der Waals surface area contributed by atoms with Gasteiger partial charge in [-0.2, -0.15) is 0 Å². The van der Waals surface area contributed by atoms with Gasteiger partial charge in [0.1, 0.15) is 0 Å². The van der Waals surface area contributed by atoms with Crippen LogP contribution in [0.15, 0.2) is 42.0 Å². The Bertz CT molecular complexity index is 449. The van der Waals surface area contributed by atoms with Crippen LogP contribution in [0.25, 0.3) is 0 Å². The van der Waals surface area contributed by atoms with Crippen molar-refractivity contribution < 1.29 is 4.79 Å². The lowest BCUT2D eigenvalue weighted by molar-refractivity contribution is -0.127. The molecule has 0 saturated carbocycles. The summed E-state index contributed by atoms with van der Waals surface area (Å²) in [6, 6.07) is 10.5. The van der Waals surface area contributed by atoms with Gasteiger partial charge in [-0.1, -0.05) is 23.8 Å². The van der Waals surface area contributed by atoms with Gasteiger partial charge in [-0.15, -0.1) is 0 Å². The van der Waals surface area contributed by atoms with Crippen molar-refractivity contribution in [2.24, 2.45) is 0 Å². The van der Waals surface area contributed by atoms with E-state index >= 15 is 0 Å². The summed E-state index contributed by atoms with van der Waals surface area (Å²) in [5.41, 5.74) is 2.19. The Hall–Kier alpha value is -1.77. The van der Waals surface area contributed by atoms with Gasteiger partial charge in [0, 0.05) is 30.9 Å². The summed E-state index contributed by atoms with van der Waals surface area (Å²) < 4.78 is 0. The number of nitrogens with zero attached hydrogens (tertiary/aromatic N) is 1. The molecule has 1 fully saturated rings. The minimum Gasteiger partial charge on any atom is -0.381 e. The van der Waals surface area contributed by atoms with E-state index in [4.69, 9.17) is 0 Å². The molecule has 0 aromatic heterocycles. The Morgan fingerprint density at radius 1 is 1.32 bits per heavy atom. The summed E-state index contributed by atoms with van der Waals surface area (Å²) in [6.07, 6.45) is 3.91. The molecule has 0 radical (unpaired) electrons. The van der Waals surface area contributed by atoms with E-state index in [1.807, 2.05) is 36.9 Å². The van der Waals surface area contributed by atoms with Crippen LogP contribution < -0.4 is 5.32 Å². The minimum absolute atomic E-state index is 0.138. The fraction of sp³-hybridized carbons (Fsp3) is 0.438. The highest BCUT2D eigenvalue weighted by Gasteiger charge is 2.22. The Kier molecular flexibility index (Phi) is 4.61. The number of allylic oxidation sites excluding steroid dienone is 1. The van der Waals surface area contributed by atoms with E-state index in [2.05, 4.69) is 17.4 Å². The molecule has 0 unspecified atom stereocenters. The maximum absolute atomic E-state index is 12.0. The number of benzene rings is 1. The van der Waals surface area contributed by atoms with E-state index in [0.29, 0.717) is 6.04 Å². The normalized spacial score (nSPS) is 18.8. The van der Waals surface area contributed by atoms with Crippen LogP contribution in [-0.2, 0) is 4.79 Å². The molecule has 1 aliphatic heterocycles. The first-order valence-electron chi connectivity index (χ1n) is 6.90. The van der Waals surface area contributed by atoms with Crippen molar-refractivity contribution in [3.63, 3.8) is 0 Å². The zero-order chi connectivity index (χ0) is 13.7. The molecule has 1 saturated heterocycles. The van der Waals surface area contributed by atoms with Crippen molar-refractivity contribution in [1.29, 1.82) is 0 Å². The fourth-order valence-electron chi connectivity index (χ4n) is 2.40. The Morgan fingerprint density at radius 2 is 2.05 bits per heavy atom. The van der Waals surface area contributed by atoms with E-state index in [9.17, 15) is 4.79 Å². The first kappa shape index (κ1) is 13.7. The second-order valence-corrected chi connectivity index (χ2v) is 5.36. The monoisotopic (exact) mass is 258 g/mol. The molecule has 19 heavy (non-hydrogen) atoms. The molecule has 1 heterocycles. The van der Waals surface area contributed by atoms with Crippen LogP contribution in [0.2, 0.25) is 0 Å². The molecule has 0 bridgehead atoms. The highest BCUT2D eigenvalue weighted by atomic mass is 16.2. The molecule has 1 aromatic rings. The zero-order valence-corrected chi connectivity index (χ0v) is 11.7. The van der Waals surface area contributed by atoms with Crippen LogP contribution in [0.1, 0.15) is 26.7 Å². The van der Waals surface area contributed by atoms with Crippen molar-refractivity contribution in [3.8, 4) is 0 Å². The van der Waals surface area contributed by atoms with Gasteiger partial charge in [-0.25, -0.2) is 0 Å². The van der Waals surface area contributed by atoms with E-state index in [1.165, 1.54) is 0 Å². The topological polar surface area (TPSA) is 32.3 Å². The summed E-state index contributed by atoms with van der Waals surface area (Å²) >= 11 is 0. The SMILES string of the molecule is CC(C)=CC(=O)N1CCC[C@@H](Nc2ccccc2)C1. The van der Waals surface area contributed by atoms with Gasteiger partial charge in [-0.3, -0.25) is 4.79 Å². The molecular formula is C16H22N2O. The second kappa shape index (κ2) is 6.41. The van der Waals surface area contributed by atoms with Crippen molar-refractivity contribution >= 4 is 11.6 Å². The molecule has 3 heteroatoms. The summed E-state index contributed by atoms with van der Waals surface area (Å²) in [5, 5.41) is 3.50. The molecule has 2 rings (SSSR count). The third kappa shape index (κ3) is 4.12. The molecule has 1 atom stereocenters. The maximum Gasteiger partial charge on any atom is 0.246 e. The van der Waals surface area contributed by atoms with Crippen LogP contribution in [0.3, 0.4) is 0 Å². The van der Waals surface area contributed by atoms with Crippen molar-refractivity contribution in [2.75, 3.05) is 18.4 Å². The van der Waals surface area contributed by atoms with Gasteiger partial charge >= 0.3 is 0 Å². The van der Waals surface area contributed by atoms with E-state index < -0.39 is 0 Å². The van der Waals surface area contributed by atoms with Crippen LogP contribution in [0.5, 0.6) is 0 Å². The van der Waals surface area contributed by atoms with Gasteiger partial charge in [-0.05, 0) is 38.8 Å². The van der Waals surface area contributed by atoms with Crippen LogP contribution in [0, 0.1) is 0 Å². The second-order valence-electron chi connectivity index (χ2n) is 5.36. The Balaban J connectivity index is 1.94. The molecule has 102 valence electrons. The largest absolute Gasteiger partial charge is 0.381 e. The van der Waals surface area contributed by atoms with Gasteiger partial charge in [0.25, 0.3) is 0 Å². The number of nitrogens with one attached hydrogen (secondary N) is 1. The number of anilines is 1. The van der Waals surface area contributed by atoms with Crippen LogP contribution >= 0.6 is 0 Å². The first-order chi connectivity index (χ1) is 9.15. The summed E-state index contributed by atoms with van der Waals surface area (Å²) in [4.78, 5) is 14.0. The van der Waals surface area contributed by atoms with Gasteiger partial charge in [0.2, 0.25) is 5.91 Å². The molecule has 0 aliphatic carbocycles. The smallest absolute Gasteiger partial charge is 0.246 e. The number of amides is 1. The van der Waals surface area contributed by atoms with Crippen LogP contribution in [0.4, 0.5) is 5.69 Å². The predicted octanol–water partition coefficient (Wildman–Crippen LogP) is 3.06. The third-order valence-corrected chi connectivity index (χ3v) is 3.29. The number of likely N-dealkylation sites (tertiary alicyclic amines) is 1. The summed E-state index contributed by atoms with van der Waals surface area (Å²) in [7, 11) is 0. The Morgan fingerprint density at radius 3 is 2.74 bits per heavy atom. The fourth-order valence-corrected chi connectivity index (χ4v) is 2.40. The number of carbonyl (C=O) groups is 1. The van der Waals surface area contributed by atoms with Crippen LogP contribution in [-0.4, -0.2) is 29.9 Å². The highest BCUT2D eigenvalue weighted by molar-refractivity contribution is 5.88. The Labute approximate surface area is 115 Å². The third-order valence-electron chi connectivity index (χ3n) is 3.29. The number of hydrogen-bond donors (Lipinski definition) is 1. The number of para-hydroxylation sites is 1. The standard InChI is InChI=1S/C16H22N2O/c1-13(2)11-16(19)18-10-6-9-15(12-18)17-14-7-4-3-5-8-14/h3-5,7-8,11,15,17H,6,9-10,12H2,1-2H3/t15-/m1/s1. The summed E-state index contributed by atoms with van der Waals surface area (Å²) in [5.74, 6) is 0.138. The van der Waals surface area contributed by atoms with E-state index in [0.717, 1.165) is 37.2 Å². The molecule has 0 spiro atoms. The van der Waals surface area contributed by atoms with E-state index in [-0.39, 0.29) is 5.91 Å². The number of hydrogen-bond acceptors (Lipinski definition) is 2. The van der Waals surface area contributed by atoms with Gasteiger partial charge < -0.3 is 10.2 Å². The lowest BCUT2D eigenvalue weighted by Gasteiger charge is -2.33. The number of carbonyl (C=O) groups excluding carboxylic acids is 1. The zero-order valence-electron chi connectivity index (χ0n) is 11.7. The van der Waals surface area contributed by atoms with Crippen molar-refractivity contribution in [3.05, 3.63) is 42.0 Å². The maximum atomic E-state index is 12.0. The average Bonchev–Trinajstić information content (AvgIpc) is 2.39. The quantitative estimate of drug-likeness (QED) is 0.845. The summed E-state index contributed by atoms with van der Waals surface area (Å²) in [6.45, 7) is 5.58. The first-order valence-corrected chi connectivity index (χ1v) is 6.90. The predicted molar refractivity (Wildman–Crippen MR) is 79.1 cm³/mol. The molecule has 1 aliphatic rings. The van der Waals surface area contributed by atoms with Crippen molar-refractivity contribution in [1.82, 2.24) is 4.90 Å². The average molecular weight is 258 g/mol. The van der Waals surface area contributed by atoms with Gasteiger partial charge in [0.05, 0.1) is 0 Å². The molecule has 1 N–H and O–H groups in total. The van der Waals surface area contributed by atoms with E-state index in [1.54, 1.807) is 6.08 Å². The van der Waals surface area contributed by atoms with Crippen molar-refractivity contribution in [2.45, 2.75) is 32.7 Å². The number of piperidine rings is 1. The molecule has 1 aromatic carbocycles. The lowest BCUT2D eigenvalue weighted by atomic mass is 10.0. The lowest BCUT2D eigenvalue weighted by Crippen LogP contribution is -2.44.